The minimum atomic E-state index is -4.88. The van der Waals surface area contributed by atoms with Gasteiger partial charge in [0.05, 0.1) is 29.4 Å². The molecule has 3 aromatic rings. The average molecular weight is 648 g/mol. The summed E-state index contributed by atoms with van der Waals surface area (Å²) in [6.07, 6.45) is -4.69. The second-order valence-corrected chi connectivity index (χ2v) is 13.5. The Morgan fingerprint density at radius 2 is 1.73 bits per heavy atom. The molecule has 2 N–H and O–H groups in total. The first-order chi connectivity index (χ1) is 20.4. The molecule has 1 atom stereocenters. The van der Waals surface area contributed by atoms with Gasteiger partial charge in [-0.05, 0) is 43.9 Å². The van der Waals surface area contributed by atoms with E-state index in [4.69, 9.17) is 0 Å². The first-order valence-electron chi connectivity index (χ1n) is 13.7. The van der Waals surface area contributed by atoms with Crippen molar-refractivity contribution in [3.8, 4) is 17.1 Å². The summed E-state index contributed by atoms with van der Waals surface area (Å²) in [7, 11) is -3.38. The molecule has 44 heavy (non-hydrogen) atoms. The Morgan fingerprint density at radius 3 is 2.32 bits per heavy atom. The molecule has 17 heteroatoms. The first kappa shape index (κ1) is 32.1. The number of anilines is 1. The summed E-state index contributed by atoms with van der Waals surface area (Å²) >= 11 is 0. The van der Waals surface area contributed by atoms with Crippen LogP contribution >= 0.6 is 0 Å². The van der Waals surface area contributed by atoms with Crippen molar-refractivity contribution in [3.05, 3.63) is 53.6 Å². The second-order valence-electron chi connectivity index (χ2n) is 11.5. The molecular weight excluding hydrogens is 616 g/mol. The number of halogens is 6. The molecule has 2 saturated heterocycles. The third kappa shape index (κ3) is 7.33. The number of benzene rings is 1. The Hall–Kier alpha value is -3.28. The van der Waals surface area contributed by atoms with Gasteiger partial charge in [-0.25, -0.2) is 27.7 Å². The highest BCUT2D eigenvalue weighted by atomic mass is 32.2. The van der Waals surface area contributed by atoms with Crippen molar-refractivity contribution in [2.24, 2.45) is 0 Å². The molecule has 2 aliphatic heterocycles. The maximum absolute atomic E-state index is 14.2. The van der Waals surface area contributed by atoms with Gasteiger partial charge in [0.2, 0.25) is 16.0 Å². The van der Waals surface area contributed by atoms with Crippen molar-refractivity contribution in [1.82, 2.24) is 28.7 Å². The number of nitrogens with one attached hydrogen (secondary N) is 1. The molecule has 1 aromatic carbocycles. The van der Waals surface area contributed by atoms with E-state index in [1.54, 1.807) is 6.92 Å². The number of sulfonamides is 1. The topological polar surface area (TPSA) is 116 Å². The number of hydrogen-bond donors (Lipinski definition) is 2. The molecule has 10 nitrogen and oxygen atoms in total. The van der Waals surface area contributed by atoms with Crippen LogP contribution in [0.25, 0.3) is 17.1 Å². The van der Waals surface area contributed by atoms with Crippen LogP contribution in [0.2, 0.25) is 0 Å². The molecule has 0 saturated carbocycles. The maximum Gasteiger partial charge on any atom is 0.420 e. The largest absolute Gasteiger partial charge is 0.420 e. The molecule has 0 bridgehead atoms. The molecule has 0 spiro atoms. The molecule has 2 aromatic heterocycles. The highest BCUT2D eigenvalue weighted by Crippen LogP contribution is 2.38. The Morgan fingerprint density at radius 1 is 1.05 bits per heavy atom. The zero-order valence-corrected chi connectivity index (χ0v) is 24.6. The number of imidazole rings is 1. The molecular formula is C27H31F6N7O3S. The Balaban J connectivity index is 1.42. The first-order valence-corrected chi connectivity index (χ1v) is 15.6. The van der Waals surface area contributed by atoms with E-state index in [0.29, 0.717) is 44.1 Å². The van der Waals surface area contributed by atoms with Gasteiger partial charge in [0, 0.05) is 51.2 Å². The smallest absolute Gasteiger partial charge is 0.389 e. The minimum Gasteiger partial charge on any atom is -0.389 e. The minimum absolute atomic E-state index is 0.151. The van der Waals surface area contributed by atoms with E-state index in [1.165, 1.54) is 16.4 Å². The highest BCUT2D eigenvalue weighted by molar-refractivity contribution is 7.88. The molecule has 2 aliphatic rings. The van der Waals surface area contributed by atoms with Crippen molar-refractivity contribution in [1.29, 1.82) is 0 Å². The van der Waals surface area contributed by atoms with Crippen LogP contribution in [0.3, 0.4) is 0 Å². The number of nitrogens with zero attached hydrogens (tertiary/aromatic N) is 6. The Labute approximate surface area is 249 Å². The lowest BCUT2D eigenvalue weighted by Gasteiger charge is -2.30. The van der Waals surface area contributed by atoms with Crippen molar-refractivity contribution >= 4 is 16.0 Å². The summed E-state index contributed by atoms with van der Waals surface area (Å²) in [5, 5.41) is 13.1. The number of rotatable bonds is 7. The molecule has 4 heterocycles. The monoisotopic (exact) mass is 647 g/mol. The van der Waals surface area contributed by atoms with Crippen LogP contribution in [0.4, 0.5) is 32.3 Å². The number of likely N-dealkylation sites (tertiary alicyclic amines) is 1. The predicted molar refractivity (Wildman–Crippen MR) is 148 cm³/mol. The van der Waals surface area contributed by atoms with Crippen LogP contribution in [0.15, 0.2) is 36.9 Å². The number of piperidine rings is 1. The predicted octanol–water partition coefficient (Wildman–Crippen LogP) is 4.16. The van der Waals surface area contributed by atoms with Gasteiger partial charge in [-0.2, -0.15) is 26.3 Å². The lowest BCUT2D eigenvalue weighted by Crippen LogP contribution is -2.42. The number of aromatic nitrogens is 4. The van der Waals surface area contributed by atoms with Gasteiger partial charge < -0.3 is 15.0 Å². The molecule has 0 aliphatic carbocycles. The molecule has 5 rings (SSSR count). The van der Waals surface area contributed by atoms with E-state index >= 15 is 0 Å². The normalized spacial score (nSPS) is 21.2. The fourth-order valence-corrected chi connectivity index (χ4v) is 6.39. The summed E-state index contributed by atoms with van der Waals surface area (Å²) in [6, 6.07) is 3.42. The van der Waals surface area contributed by atoms with E-state index < -0.39 is 44.8 Å². The van der Waals surface area contributed by atoms with Crippen LogP contribution in [-0.2, 0) is 28.9 Å². The van der Waals surface area contributed by atoms with E-state index in [0.717, 1.165) is 29.4 Å². The van der Waals surface area contributed by atoms with Gasteiger partial charge in [-0.1, -0.05) is 6.07 Å². The quantitative estimate of drug-likeness (QED) is 0.368. The van der Waals surface area contributed by atoms with Crippen LogP contribution < -0.4 is 5.32 Å². The van der Waals surface area contributed by atoms with Crippen LogP contribution in [0.5, 0.6) is 0 Å². The number of β-amino-alcohol motifs (C(OH)–C–C–N with tert-alkyl or cyclic N) is 1. The summed E-state index contributed by atoms with van der Waals surface area (Å²) in [5.74, 6) is -0.151. The number of alkyl halides is 6. The van der Waals surface area contributed by atoms with Crippen molar-refractivity contribution in [2.45, 2.75) is 56.7 Å². The highest BCUT2D eigenvalue weighted by Gasteiger charge is 2.38. The Kier molecular flexibility index (Phi) is 8.45. The van der Waals surface area contributed by atoms with E-state index in [-0.39, 0.29) is 43.0 Å². The maximum atomic E-state index is 14.2. The second kappa shape index (κ2) is 11.6. The summed E-state index contributed by atoms with van der Waals surface area (Å²) in [5.41, 5.74) is -4.01. The molecule has 0 radical (unpaired) electrons. The van der Waals surface area contributed by atoms with Gasteiger partial charge in [0.15, 0.2) is 0 Å². The van der Waals surface area contributed by atoms with E-state index in [9.17, 15) is 39.9 Å². The lowest BCUT2D eigenvalue weighted by atomic mass is 10.1. The summed E-state index contributed by atoms with van der Waals surface area (Å²) in [4.78, 5) is 13.6. The third-order valence-electron chi connectivity index (χ3n) is 7.76. The molecule has 2 fully saturated rings. The van der Waals surface area contributed by atoms with Gasteiger partial charge >= 0.3 is 12.4 Å². The summed E-state index contributed by atoms with van der Waals surface area (Å²) in [6.45, 7) is 3.13. The zero-order chi connectivity index (χ0) is 32.1. The fraction of sp³-hybridized carbons (Fsp3) is 0.519. The number of hydrogen-bond acceptors (Lipinski definition) is 8. The summed E-state index contributed by atoms with van der Waals surface area (Å²) < 4.78 is 110. The van der Waals surface area contributed by atoms with Gasteiger partial charge in [0.1, 0.15) is 17.0 Å². The standard InChI is InChI=1S/C27H31F6N7O3S/c1-25(41)7-10-38(15-25)13-17-3-4-22(19(11-17)26(28,29)30)39-14-21(35-16-39)23-20(27(31,32)33)12-34-24(37-23)36-18-5-8-40(9-6-18)44(2,42)43/h3-4,11-12,14,16,18,41H,5-10,13,15H2,1-2H3,(H,34,36,37)/t25-/m0/s1. The van der Waals surface area contributed by atoms with Crippen molar-refractivity contribution in [3.63, 3.8) is 0 Å². The fourth-order valence-electron chi connectivity index (χ4n) is 5.51. The lowest BCUT2D eigenvalue weighted by molar-refractivity contribution is -0.138. The number of aliphatic hydroxyl groups is 1. The van der Waals surface area contributed by atoms with Gasteiger partial charge in [-0.15, -0.1) is 0 Å². The zero-order valence-electron chi connectivity index (χ0n) is 23.8. The van der Waals surface area contributed by atoms with Crippen LogP contribution in [0, 0.1) is 0 Å². The van der Waals surface area contributed by atoms with Crippen LogP contribution in [-0.4, -0.2) is 86.3 Å². The van der Waals surface area contributed by atoms with Gasteiger partial charge in [0.25, 0.3) is 0 Å². The molecule has 0 unspecified atom stereocenters. The van der Waals surface area contributed by atoms with Crippen molar-refractivity contribution < 1.29 is 39.9 Å². The Bertz CT molecular complexity index is 1620. The SMILES string of the molecule is C[C@]1(O)CCN(Cc2ccc(-n3cnc(-c4nc(NC5CCN(S(C)(=O)=O)CC5)ncc4C(F)(F)F)c3)c(C(F)(F)F)c2)C1. The van der Waals surface area contributed by atoms with Gasteiger partial charge in [-0.3, -0.25) is 4.90 Å². The molecule has 0 amide bonds. The van der Waals surface area contributed by atoms with Crippen molar-refractivity contribution in [2.75, 3.05) is 37.8 Å². The van der Waals surface area contributed by atoms with Crippen LogP contribution in [0.1, 0.15) is 42.9 Å². The third-order valence-corrected chi connectivity index (χ3v) is 9.06. The average Bonchev–Trinajstić information content (AvgIpc) is 3.53. The van der Waals surface area contributed by atoms with E-state index in [2.05, 4.69) is 20.3 Å². The van der Waals surface area contributed by atoms with E-state index in [1.807, 2.05) is 4.90 Å². The molecule has 240 valence electrons.